The van der Waals surface area contributed by atoms with Crippen molar-refractivity contribution in [1.29, 1.82) is 0 Å². The van der Waals surface area contributed by atoms with Gasteiger partial charge in [-0.25, -0.2) is 9.59 Å². The van der Waals surface area contributed by atoms with E-state index in [-0.39, 0.29) is 5.60 Å². The summed E-state index contributed by atoms with van der Waals surface area (Å²) < 4.78 is 75.5. The summed E-state index contributed by atoms with van der Waals surface area (Å²) in [7, 11) is 0. The van der Waals surface area contributed by atoms with Crippen LogP contribution in [0.3, 0.4) is 0 Å². The number of rotatable bonds is 7. The van der Waals surface area contributed by atoms with Gasteiger partial charge in [-0.15, -0.1) is 0 Å². The van der Waals surface area contributed by atoms with Crippen molar-refractivity contribution in [2.45, 2.75) is 56.7 Å². The van der Waals surface area contributed by atoms with E-state index in [1.54, 1.807) is 6.20 Å². The maximum absolute atomic E-state index is 10.6. The largest absolute Gasteiger partial charge is 0.490 e. The van der Waals surface area contributed by atoms with Crippen molar-refractivity contribution in [3.8, 4) is 0 Å². The van der Waals surface area contributed by atoms with Gasteiger partial charge in [0.25, 0.3) is 0 Å². The SMILES string of the molecule is O=C(O)C(F)(F)F.O=C(O)C(F)(F)F.c1cncc(COCCC2CCOC3(C2)CN(CC2CC2)C3)c1. The minimum atomic E-state index is -5.08. The van der Waals surface area contributed by atoms with E-state index in [4.69, 9.17) is 29.3 Å². The number of nitrogens with zero attached hydrogens (tertiary/aromatic N) is 2. The first-order valence-electron chi connectivity index (χ1n) is 11.6. The molecular formula is C23H30F6N2O6. The summed E-state index contributed by atoms with van der Waals surface area (Å²) in [6.45, 7) is 6.10. The second-order valence-corrected chi connectivity index (χ2v) is 9.31. The highest BCUT2D eigenvalue weighted by Gasteiger charge is 2.48. The van der Waals surface area contributed by atoms with Crippen LogP contribution in [0.25, 0.3) is 0 Å². The molecular weight excluding hydrogens is 514 g/mol. The van der Waals surface area contributed by atoms with Gasteiger partial charge in [-0.2, -0.15) is 26.3 Å². The summed E-state index contributed by atoms with van der Waals surface area (Å²) in [5, 5.41) is 14.2. The molecule has 1 aromatic rings. The highest BCUT2D eigenvalue weighted by Crippen LogP contribution is 2.40. The van der Waals surface area contributed by atoms with E-state index in [1.165, 1.54) is 32.2 Å². The maximum Gasteiger partial charge on any atom is 0.490 e. The molecule has 37 heavy (non-hydrogen) atoms. The molecule has 0 amide bonds. The van der Waals surface area contributed by atoms with Crippen LogP contribution in [0.15, 0.2) is 24.5 Å². The number of carbonyl (C=O) groups is 2. The number of halogens is 6. The number of hydrogen-bond donors (Lipinski definition) is 2. The first kappa shape index (κ1) is 30.8. The lowest BCUT2D eigenvalue weighted by Crippen LogP contribution is -2.65. The van der Waals surface area contributed by atoms with E-state index >= 15 is 0 Å². The van der Waals surface area contributed by atoms with Crippen LogP contribution in [0.2, 0.25) is 0 Å². The Balaban J connectivity index is 0.000000286. The normalized spacial score (nSPS) is 21.1. The molecule has 0 radical (unpaired) electrons. The minimum absolute atomic E-state index is 0.182. The number of aromatic nitrogens is 1. The predicted molar refractivity (Wildman–Crippen MR) is 116 cm³/mol. The third-order valence-electron chi connectivity index (χ3n) is 5.98. The Morgan fingerprint density at radius 1 is 1.05 bits per heavy atom. The zero-order valence-electron chi connectivity index (χ0n) is 19.9. The summed E-state index contributed by atoms with van der Waals surface area (Å²) in [6, 6.07) is 4.03. The van der Waals surface area contributed by atoms with Crippen LogP contribution in [0, 0.1) is 11.8 Å². The molecule has 2 saturated heterocycles. The van der Waals surface area contributed by atoms with E-state index in [1.807, 2.05) is 12.3 Å². The quantitative estimate of drug-likeness (QED) is 0.390. The molecule has 4 rings (SSSR count). The molecule has 8 nitrogen and oxygen atoms in total. The summed E-state index contributed by atoms with van der Waals surface area (Å²) >= 11 is 0. The second kappa shape index (κ2) is 13.4. The van der Waals surface area contributed by atoms with Crippen LogP contribution < -0.4 is 0 Å². The molecule has 0 aromatic carbocycles. The van der Waals surface area contributed by atoms with Crippen molar-refractivity contribution in [1.82, 2.24) is 9.88 Å². The van der Waals surface area contributed by atoms with Crippen LogP contribution >= 0.6 is 0 Å². The Labute approximate surface area is 209 Å². The fourth-order valence-corrected chi connectivity index (χ4v) is 4.08. The number of pyridine rings is 1. The zero-order chi connectivity index (χ0) is 27.7. The Morgan fingerprint density at radius 2 is 1.65 bits per heavy atom. The molecule has 210 valence electrons. The monoisotopic (exact) mass is 544 g/mol. The maximum atomic E-state index is 10.6. The van der Waals surface area contributed by atoms with Gasteiger partial charge in [0.2, 0.25) is 0 Å². The number of aliphatic carboxylic acids is 2. The molecule has 1 unspecified atom stereocenters. The van der Waals surface area contributed by atoms with Crippen molar-refractivity contribution < 1.29 is 55.6 Å². The van der Waals surface area contributed by atoms with Gasteiger partial charge in [0.05, 0.1) is 12.2 Å². The van der Waals surface area contributed by atoms with Crippen LogP contribution in [-0.4, -0.2) is 82.8 Å². The smallest absolute Gasteiger partial charge is 0.475 e. The van der Waals surface area contributed by atoms with Gasteiger partial charge in [0.15, 0.2) is 0 Å². The van der Waals surface area contributed by atoms with E-state index in [0.717, 1.165) is 50.1 Å². The van der Waals surface area contributed by atoms with Crippen LogP contribution in [-0.2, 0) is 25.7 Å². The number of alkyl halides is 6. The molecule has 0 bridgehead atoms. The number of carboxylic acids is 2. The molecule has 1 aromatic heterocycles. The molecule has 14 heteroatoms. The fourth-order valence-electron chi connectivity index (χ4n) is 4.08. The van der Waals surface area contributed by atoms with Crippen molar-refractivity contribution in [3.05, 3.63) is 30.1 Å². The van der Waals surface area contributed by atoms with Gasteiger partial charge in [0, 0.05) is 45.2 Å². The van der Waals surface area contributed by atoms with Gasteiger partial charge in [-0.3, -0.25) is 9.88 Å². The number of hydrogen-bond acceptors (Lipinski definition) is 6. The standard InChI is InChI=1S/C19H28N2O2.2C2HF3O2/c1-2-18(11-20-7-1)13-22-8-5-16-6-9-23-19(10-16)14-21(15-19)12-17-3-4-17;2*3-2(4,5)1(6)7/h1-2,7,11,16-17H,3-6,8-10,12-15H2;2*(H,6,7). The van der Waals surface area contributed by atoms with Gasteiger partial charge in [-0.05, 0) is 55.6 Å². The van der Waals surface area contributed by atoms with Gasteiger partial charge in [-0.1, -0.05) is 6.07 Å². The van der Waals surface area contributed by atoms with Gasteiger partial charge in [0.1, 0.15) is 0 Å². The molecule has 1 spiro atoms. The summed E-state index contributed by atoms with van der Waals surface area (Å²) in [4.78, 5) is 24.5. The average molecular weight is 544 g/mol. The second-order valence-electron chi connectivity index (χ2n) is 9.31. The van der Waals surface area contributed by atoms with Crippen LogP contribution in [0.4, 0.5) is 26.3 Å². The highest BCUT2D eigenvalue weighted by molar-refractivity contribution is 5.73. The van der Waals surface area contributed by atoms with Crippen molar-refractivity contribution in [3.63, 3.8) is 0 Å². The number of likely N-dealkylation sites (tertiary alicyclic amines) is 1. The summed E-state index contributed by atoms with van der Waals surface area (Å²) in [6.07, 6.45) is -0.0100. The lowest BCUT2D eigenvalue weighted by Gasteiger charge is -2.53. The van der Waals surface area contributed by atoms with Crippen LogP contribution in [0.5, 0.6) is 0 Å². The topological polar surface area (TPSA) is 109 Å². The molecule has 3 heterocycles. The lowest BCUT2D eigenvalue weighted by atomic mass is 9.79. The molecule has 3 aliphatic rings. The zero-order valence-corrected chi connectivity index (χ0v) is 19.9. The molecule has 1 aliphatic carbocycles. The average Bonchev–Trinajstić information content (AvgIpc) is 3.60. The van der Waals surface area contributed by atoms with Gasteiger partial charge < -0.3 is 19.7 Å². The van der Waals surface area contributed by atoms with Crippen molar-refractivity contribution in [2.24, 2.45) is 11.8 Å². The third kappa shape index (κ3) is 11.6. The molecule has 2 aliphatic heterocycles. The number of carboxylic acid groups (broad SMARTS) is 2. The summed E-state index contributed by atoms with van der Waals surface area (Å²) in [5.74, 6) is -3.76. The van der Waals surface area contributed by atoms with Crippen molar-refractivity contribution >= 4 is 11.9 Å². The Kier molecular flexibility index (Phi) is 11.1. The molecule has 2 N–H and O–H groups in total. The Morgan fingerprint density at radius 3 is 2.14 bits per heavy atom. The van der Waals surface area contributed by atoms with E-state index < -0.39 is 24.3 Å². The van der Waals surface area contributed by atoms with E-state index in [2.05, 4.69) is 16.0 Å². The van der Waals surface area contributed by atoms with Crippen molar-refractivity contribution in [2.75, 3.05) is 32.8 Å². The minimum Gasteiger partial charge on any atom is -0.475 e. The van der Waals surface area contributed by atoms with E-state index in [0.29, 0.717) is 6.61 Å². The summed E-state index contributed by atoms with van der Waals surface area (Å²) in [5.41, 5.74) is 1.34. The molecule has 1 saturated carbocycles. The third-order valence-corrected chi connectivity index (χ3v) is 5.98. The number of ether oxygens (including phenoxy) is 2. The Hall–Kier alpha value is -2.45. The first-order valence-corrected chi connectivity index (χ1v) is 11.6. The first-order chi connectivity index (χ1) is 17.2. The fraction of sp³-hybridized carbons (Fsp3) is 0.696. The predicted octanol–water partition coefficient (Wildman–Crippen LogP) is 4.15. The molecule has 1 atom stereocenters. The highest BCUT2D eigenvalue weighted by atomic mass is 19.4. The lowest BCUT2D eigenvalue weighted by molar-refractivity contribution is -0.193. The van der Waals surface area contributed by atoms with E-state index in [9.17, 15) is 26.3 Å². The van der Waals surface area contributed by atoms with Gasteiger partial charge >= 0.3 is 24.3 Å². The van der Waals surface area contributed by atoms with Crippen LogP contribution in [0.1, 0.15) is 37.7 Å². The molecule has 3 fully saturated rings. The Bertz CT molecular complexity index is 834.